The fourth-order valence-electron chi connectivity index (χ4n) is 1.64. The van der Waals surface area contributed by atoms with Crippen LogP contribution < -0.4 is 10.1 Å². The molecule has 1 rings (SSSR count). The van der Waals surface area contributed by atoms with Crippen LogP contribution in [0.15, 0.2) is 24.3 Å². The summed E-state index contributed by atoms with van der Waals surface area (Å²) in [6.07, 6.45) is 4.27. The number of hydrogen-bond acceptors (Lipinski definition) is 2. The van der Waals surface area contributed by atoms with Crippen LogP contribution in [0.1, 0.15) is 36.0 Å². The van der Waals surface area contributed by atoms with E-state index >= 15 is 0 Å². The molecular formula is C14H20ClNO2. The fraction of sp³-hybridized carbons (Fsp3) is 0.500. The average molecular weight is 270 g/mol. The molecule has 0 aliphatic heterocycles. The first-order valence-electron chi connectivity index (χ1n) is 6.26. The van der Waals surface area contributed by atoms with Crippen molar-refractivity contribution in [1.82, 2.24) is 5.32 Å². The number of halogens is 1. The van der Waals surface area contributed by atoms with Crippen LogP contribution in [0.4, 0.5) is 0 Å². The Morgan fingerprint density at radius 3 is 2.78 bits per heavy atom. The molecule has 0 bridgehead atoms. The maximum atomic E-state index is 11.8. The van der Waals surface area contributed by atoms with Gasteiger partial charge in [0.25, 0.3) is 5.91 Å². The Balaban J connectivity index is 2.27. The summed E-state index contributed by atoms with van der Waals surface area (Å²) in [5, 5.41) is 2.90. The van der Waals surface area contributed by atoms with Crippen molar-refractivity contribution in [3.63, 3.8) is 0 Å². The molecule has 0 unspecified atom stereocenters. The van der Waals surface area contributed by atoms with Crippen LogP contribution in [-0.4, -0.2) is 25.4 Å². The Morgan fingerprint density at radius 2 is 2.06 bits per heavy atom. The Morgan fingerprint density at radius 1 is 1.28 bits per heavy atom. The second-order valence-electron chi connectivity index (χ2n) is 4.09. The van der Waals surface area contributed by atoms with Crippen LogP contribution in [0, 0.1) is 0 Å². The molecule has 1 aromatic rings. The van der Waals surface area contributed by atoms with E-state index in [1.54, 1.807) is 19.2 Å². The molecule has 0 aromatic heterocycles. The highest BCUT2D eigenvalue weighted by molar-refractivity contribution is 6.17. The summed E-state index contributed by atoms with van der Waals surface area (Å²) < 4.78 is 5.08. The van der Waals surface area contributed by atoms with Gasteiger partial charge in [-0.05, 0) is 31.0 Å². The van der Waals surface area contributed by atoms with Gasteiger partial charge in [-0.15, -0.1) is 11.6 Å². The van der Waals surface area contributed by atoms with Crippen LogP contribution in [-0.2, 0) is 0 Å². The van der Waals surface area contributed by atoms with E-state index in [9.17, 15) is 4.79 Å². The summed E-state index contributed by atoms with van der Waals surface area (Å²) in [5.41, 5.74) is 0.634. The molecule has 0 heterocycles. The summed E-state index contributed by atoms with van der Waals surface area (Å²) in [6, 6.07) is 7.16. The predicted molar refractivity (Wildman–Crippen MR) is 74.5 cm³/mol. The molecule has 0 spiro atoms. The van der Waals surface area contributed by atoms with Gasteiger partial charge in [-0.1, -0.05) is 18.9 Å². The van der Waals surface area contributed by atoms with E-state index in [1.807, 2.05) is 12.1 Å². The largest absolute Gasteiger partial charge is 0.497 e. The number of rotatable bonds is 8. The number of hydrogen-bond donors (Lipinski definition) is 1. The number of amides is 1. The van der Waals surface area contributed by atoms with Gasteiger partial charge in [-0.3, -0.25) is 4.79 Å². The highest BCUT2D eigenvalue weighted by Crippen LogP contribution is 2.12. The molecule has 0 saturated carbocycles. The number of carbonyl (C=O) groups is 1. The molecular weight excluding hydrogens is 250 g/mol. The summed E-state index contributed by atoms with van der Waals surface area (Å²) in [7, 11) is 1.59. The van der Waals surface area contributed by atoms with Gasteiger partial charge in [0, 0.05) is 18.0 Å². The number of carbonyl (C=O) groups excluding carboxylic acids is 1. The van der Waals surface area contributed by atoms with E-state index in [0.717, 1.165) is 31.6 Å². The first-order valence-corrected chi connectivity index (χ1v) is 6.79. The van der Waals surface area contributed by atoms with E-state index in [0.29, 0.717) is 17.9 Å². The first-order chi connectivity index (χ1) is 8.77. The number of ether oxygens (including phenoxy) is 1. The standard InChI is InChI=1S/C14H20ClNO2/c1-18-13-8-6-7-12(11-13)14(17)16-10-5-3-2-4-9-15/h6-8,11H,2-5,9-10H2,1H3,(H,16,17). The minimum atomic E-state index is -0.0498. The lowest BCUT2D eigenvalue weighted by atomic mass is 10.2. The van der Waals surface area contributed by atoms with Crippen LogP contribution in [0.2, 0.25) is 0 Å². The molecule has 0 aliphatic carbocycles. The Bertz CT molecular complexity index is 369. The Kier molecular flexibility index (Phi) is 7.26. The Labute approximate surface area is 113 Å². The second kappa shape index (κ2) is 8.81. The van der Waals surface area contributed by atoms with Gasteiger partial charge in [0.2, 0.25) is 0 Å². The van der Waals surface area contributed by atoms with Gasteiger partial charge in [-0.2, -0.15) is 0 Å². The van der Waals surface area contributed by atoms with E-state index < -0.39 is 0 Å². The SMILES string of the molecule is COc1cccc(C(=O)NCCCCCCCl)c1. The third kappa shape index (κ3) is 5.41. The summed E-state index contributed by atoms with van der Waals surface area (Å²) >= 11 is 5.59. The van der Waals surface area contributed by atoms with Crippen molar-refractivity contribution in [3.8, 4) is 5.75 Å². The first kappa shape index (κ1) is 14.8. The molecule has 0 saturated heterocycles. The van der Waals surface area contributed by atoms with Crippen molar-refractivity contribution in [2.24, 2.45) is 0 Å². The van der Waals surface area contributed by atoms with Crippen molar-refractivity contribution in [1.29, 1.82) is 0 Å². The number of alkyl halides is 1. The minimum absolute atomic E-state index is 0.0498. The lowest BCUT2D eigenvalue weighted by Gasteiger charge is -2.06. The smallest absolute Gasteiger partial charge is 0.251 e. The lowest BCUT2D eigenvalue weighted by molar-refractivity contribution is 0.0952. The lowest BCUT2D eigenvalue weighted by Crippen LogP contribution is -2.24. The van der Waals surface area contributed by atoms with Gasteiger partial charge >= 0.3 is 0 Å². The third-order valence-corrected chi connectivity index (χ3v) is 2.95. The third-order valence-electron chi connectivity index (χ3n) is 2.68. The highest BCUT2D eigenvalue weighted by atomic mass is 35.5. The number of methoxy groups -OCH3 is 1. The molecule has 0 atom stereocenters. The van der Waals surface area contributed by atoms with Crippen LogP contribution in [0.25, 0.3) is 0 Å². The van der Waals surface area contributed by atoms with Crippen molar-refractivity contribution < 1.29 is 9.53 Å². The molecule has 0 radical (unpaired) electrons. The summed E-state index contributed by atoms with van der Waals surface area (Å²) in [4.78, 5) is 11.8. The van der Waals surface area contributed by atoms with Gasteiger partial charge in [0.15, 0.2) is 0 Å². The molecule has 1 N–H and O–H groups in total. The number of benzene rings is 1. The number of unbranched alkanes of at least 4 members (excludes halogenated alkanes) is 3. The van der Waals surface area contributed by atoms with E-state index in [1.165, 1.54) is 0 Å². The quantitative estimate of drug-likeness (QED) is 0.581. The van der Waals surface area contributed by atoms with Crippen LogP contribution >= 0.6 is 11.6 Å². The maximum absolute atomic E-state index is 11.8. The topological polar surface area (TPSA) is 38.3 Å². The zero-order chi connectivity index (χ0) is 13.2. The van der Waals surface area contributed by atoms with Crippen molar-refractivity contribution >= 4 is 17.5 Å². The van der Waals surface area contributed by atoms with Gasteiger partial charge < -0.3 is 10.1 Å². The van der Waals surface area contributed by atoms with Gasteiger partial charge in [0.1, 0.15) is 5.75 Å². The molecule has 0 fully saturated rings. The monoisotopic (exact) mass is 269 g/mol. The van der Waals surface area contributed by atoms with Gasteiger partial charge in [-0.25, -0.2) is 0 Å². The predicted octanol–water partition coefficient (Wildman–Crippen LogP) is 3.22. The molecule has 100 valence electrons. The minimum Gasteiger partial charge on any atom is -0.497 e. The summed E-state index contributed by atoms with van der Waals surface area (Å²) in [6.45, 7) is 0.707. The Hall–Kier alpha value is -1.22. The van der Waals surface area contributed by atoms with Crippen molar-refractivity contribution in [3.05, 3.63) is 29.8 Å². The van der Waals surface area contributed by atoms with Gasteiger partial charge in [0.05, 0.1) is 7.11 Å². The van der Waals surface area contributed by atoms with Crippen LogP contribution in [0.5, 0.6) is 5.75 Å². The summed E-state index contributed by atoms with van der Waals surface area (Å²) in [5.74, 6) is 1.37. The molecule has 4 heteroatoms. The highest BCUT2D eigenvalue weighted by Gasteiger charge is 2.05. The fourth-order valence-corrected chi connectivity index (χ4v) is 1.83. The molecule has 1 aromatic carbocycles. The van der Waals surface area contributed by atoms with Crippen molar-refractivity contribution in [2.45, 2.75) is 25.7 Å². The van der Waals surface area contributed by atoms with Crippen molar-refractivity contribution in [2.75, 3.05) is 19.5 Å². The molecule has 3 nitrogen and oxygen atoms in total. The van der Waals surface area contributed by atoms with E-state index in [-0.39, 0.29) is 5.91 Å². The molecule has 1 amide bonds. The molecule has 18 heavy (non-hydrogen) atoms. The van der Waals surface area contributed by atoms with Crippen LogP contribution in [0.3, 0.4) is 0 Å². The number of nitrogens with one attached hydrogen (secondary N) is 1. The second-order valence-corrected chi connectivity index (χ2v) is 4.47. The molecule has 0 aliphatic rings. The van der Waals surface area contributed by atoms with E-state index in [2.05, 4.69) is 5.32 Å². The average Bonchev–Trinajstić information content (AvgIpc) is 2.42. The normalized spacial score (nSPS) is 10.1. The zero-order valence-corrected chi connectivity index (χ0v) is 11.5. The maximum Gasteiger partial charge on any atom is 0.251 e. The zero-order valence-electron chi connectivity index (χ0n) is 10.7. The van der Waals surface area contributed by atoms with E-state index in [4.69, 9.17) is 16.3 Å².